The lowest BCUT2D eigenvalue weighted by Crippen LogP contribution is -2.65. The molecular formula is C17H29NO4. The van der Waals surface area contributed by atoms with E-state index in [4.69, 9.17) is 9.84 Å². The first-order chi connectivity index (χ1) is 10.6. The Balaban J connectivity index is 1.78. The van der Waals surface area contributed by atoms with Gasteiger partial charge in [-0.05, 0) is 39.0 Å². The third-order valence-corrected chi connectivity index (χ3v) is 5.32. The number of aliphatic carboxylic acids is 1. The summed E-state index contributed by atoms with van der Waals surface area (Å²) in [7, 11) is 0. The number of nitrogens with one attached hydrogen (secondary N) is 1. The summed E-state index contributed by atoms with van der Waals surface area (Å²) in [6, 6.07) is 0.247. The predicted molar refractivity (Wildman–Crippen MR) is 83.6 cm³/mol. The van der Waals surface area contributed by atoms with Gasteiger partial charge in [0.05, 0.1) is 6.10 Å². The van der Waals surface area contributed by atoms with Crippen LogP contribution in [-0.2, 0) is 14.3 Å². The van der Waals surface area contributed by atoms with Gasteiger partial charge in [0, 0.05) is 30.9 Å². The second-order valence-corrected chi connectivity index (χ2v) is 6.69. The zero-order valence-electron chi connectivity index (χ0n) is 13.6. The number of unbranched alkanes of at least 4 members (excludes halogenated alkanes) is 1. The number of carbonyl (C=O) groups is 2. The number of ether oxygens (including phenoxy) is 1. The molecule has 1 amide bonds. The molecule has 2 rings (SSSR count). The van der Waals surface area contributed by atoms with Crippen LogP contribution >= 0.6 is 0 Å². The van der Waals surface area contributed by atoms with Gasteiger partial charge >= 0.3 is 5.97 Å². The first kappa shape index (κ1) is 17.3. The van der Waals surface area contributed by atoms with Gasteiger partial charge in [0.2, 0.25) is 5.91 Å². The molecule has 0 aromatic heterocycles. The lowest BCUT2D eigenvalue weighted by atomic mass is 9.55. The highest BCUT2D eigenvalue weighted by molar-refractivity contribution is 5.76. The summed E-state index contributed by atoms with van der Waals surface area (Å²) in [5, 5.41) is 11.8. The standard InChI is InChI=1S/C17H29NO4/c1-2-22-14-12-13(17(14)10-6-3-7-11-17)18-15(19)8-4-5-9-16(20)21/h13-14H,2-12H2,1H3,(H,18,19)(H,20,21). The fourth-order valence-electron chi connectivity index (χ4n) is 4.09. The normalized spacial score (nSPS) is 26.4. The second-order valence-electron chi connectivity index (χ2n) is 6.69. The largest absolute Gasteiger partial charge is 0.481 e. The van der Waals surface area contributed by atoms with Gasteiger partial charge in [-0.2, -0.15) is 0 Å². The molecule has 2 saturated carbocycles. The smallest absolute Gasteiger partial charge is 0.303 e. The molecule has 0 saturated heterocycles. The van der Waals surface area contributed by atoms with E-state index >= 15 is 0 Å². The van der Waals surface area contributed by atoms with Gasteiger partial charge in [0.25, 0.3) is 0 Å². The van der Waals surface area contributed by atoms with Crippen LogP contribution < -0.4 is 5.32 Å². The van der Waals surface area contributed by atoms with Crippen molar-refractivity contribution in [3.8, 4) is 0 Å². The van der Waals surface area contributed by atoms with E-state index in [0.29, 0.717) is 25.4 Å². The van der Waals surface area contributed by atoms with Crippen molar-refractivity contribution in [2.24, 2.45) is 5.41 Å². The van der Waals surface area contributed by atoms with Gasteiger partial charge in [0.1, 0.15) is 0 Å². The quantitative estimate of drug-likeness (QED) is 0.676. The molecule has 1 spiro atoms. The highest BCUT2D eigenvalue weighted by atomic mass is 16.5. The van der Waals surface area contributed by atoms with Gasteiger partial charge in [-0.25, -0.2) is 0 Å². The zero-order chi connectivity index (χ0) is 16.0. The Labute approximate surface area is 132 Å². The fraction of sp³-hybridized carbons (Fsp3) is 0.882. The van der Waals surface area contributed by atoms with Crippen LogP contribution in [0.3, 0.4) is 0 Å². The highest BCUT2D eigenvalue weighted by Gasteiger charge is 2.55. The van der Waals surface area contributed by atoms with Gasteiger partial charge in [-0.1, -0.05) is 19.3 Å². The molecule has 0 aliphatic heterocycles. The van der Waals surface area contributed by atoms with Crippen LogP contribution in [0, 0.1) is 5.41 Å². The van der Waals surface area contributed by atoms with Crippen LogP contribution in [0.25, 0.3) is 0 Å². The third-order valence-electron chi connectivity index (χ3n) is 5.32. The number of hydrogen-bond donors (Lipinski definition) is 2. The molecular weight excluding hydrogens is 282 g/mol. The number of amides is 1. The number of rotatable bonds is 8. The van der Waals surface area contributed by atoms with Gasteiger partial charge in [-0.3, -0.25) is 9.59 Å². The van der Waals surface area contributed by atoms with Crippen molar-refractivity contribution < 1.29 is 19.4 Å². The van der Waals surface area contributed by atoms with Crippen LogP contribution in [-0.4, -0.2) is 35.7 Å². The molecule has 126 valence electrons. The molecule has 22 heavy (non-hydrogen) atoms. The molecule has 5 heteroatoms. The van der Waals surface area contributed by atoms with Crippen molar-refractivity contribution >= 4 is 11.9 Å². The summed E-state index contributed by atoms with van der Waals surface area (Å²) >= 11 is 0. The highest BCUT2D eigenvalue weighted by Crippen LogP contribution is 2.53. The number of carboxylic acids is 1. The van der Waals surface area contributed by atoms with Gasteiger partial charge in [-0.15, -0.1) is 0 Å². The summed E-state index contributed by atoms with van der Waals surface area (Å²) in [6.45, 7) is 2.77. The predicted octanol–water partition coefficient (Wildman–Crippen LogP) is 2.88. The van der Waals surface area contributed by atoms with Crippen molar-refractivity contribution in [1.29, 1.82) is 0 Å². The summed E-state index contributed by atoms with van der Waals surface area (Å²) in [4.78, 5) is 22.5. The molecule has 0 radical (unpaired) electrons. The summed E-state index contributed by atoms with van der Waals surface area (Å²) in [6.07, 6.45) is 9.08. The summed E-state index contributed by atoms with van der Waals surface area (Å²) < 4.78 is 5.89. The lowest BCUT2D eigenvalue weighted by molar-refractivity contribution is -0.157. The molecule has 0 heterocycles. The van der Waals surface area contributed by atoms with Crippen LogP contribution in [0.1, 0.15) is 71.1 Å². The maximum absolute atomic E-state index is 12.1. The Morgan fingerprint density at radius 2 is 1.86 bits per heavy atom. The molecule has 5 nitrogen and oxygen atoms in total. The monoisotopic (exact) mass is 311 g/mol. The number of carbonyl (C=O) groups excluding carboxylic acids is 1. The van der Waals surface area contributed by atoms with E-state index in [9.17, 15) is 9.59 Å². The maximum Gasteiger partial charge on any atom is 0.303 e. The van der Waals surface area contributed by atoms with E-state index in [2.05, 4.69) is 5.32 Å². The van der Waals surface area contributed by atoms with Crippen LogP contribution in [0.4, 0.5) is 0 Å². The first-order valence-electron chi connectivity index (χ1n) is 8.71. The minimum Gasteiger partial charge on any atom is -0.481 e. The van der Waals surface area contributed by atoms with Crippen molar-refractivity contribution in [3.63, 3.8) is 0 Å². The van der Waals surface area contributed by atoms with Crippen molar-refractivity contribution in [1.82, 2.24) is 5.32 Å². The van der Waals surface area contributed by atoms with Crippen LogP contribution in [0.2, 0.25) is 0 Å². The Hall–Kier alpha value is -1.10. The third kappa shape index (κ3) is 4.00. The first-order valence-corrected chi connectivity index (χ1v) is 8.71. The van der Waals surface area contributed by atoms with Crippen molar-refractivity contribution in [2.75, 3.05) is 6.61 Å². The second kappa shape index (κ2) is 7.95. The molecule has 2 aliphatic rings. The van der Waals surface area contributed by atoms with Crippen molar-refractivity contribution in [2.45, 2.75) is 83.3 Å². The molecule has 0 bridgehead atoms. The minimum atomic E-state index is -0.792. The van der Waals surface area contributed by atoms with Gasteiger partial charge in [0.15, 0.2) is 0 Å². The fourth-order valence-corrected chi connectivity index (χ4v) is 4.09. The Morgan fingerprint density at radius 1 is 1.18 bits per heavy atom. The Bertz CT molecular complexity index is 390. The SMILES string of the molecule is CCOC1CC(NC(=O)CCCCC(=O)O)C12CCCCC2. The summed E-state index contributed by atoms with van der Waals surface area (Å²) in [5.74, 6) is -0.726. The van der Waals surface area contributed by atoms with E-state index in [1.165, 1.54) is 19.3 Å². The molecule has 2 unspecified atom stereocenters. The molecule has 0 aromatic carbocycles. The molecule has 2 fully saturated rings. The number of hydrogen-bond acceptors (Lipinski definition) is 3. The molecule has 2 atom stereocenters. The topological polar surface area (TPSA) is 75.6 Å². The van der Waals surface area contributed by atoms with E-state index in [0.717, 1.165) is 25.9 Å². The van der Waals surface area contributed by atoms with Crippen molar-refractivity contribution in [3.05, 3.63) is 0 Å². The Kier molecular flexibility index (Phi) is 6.24. The van der Waals surface area contributed by atoms with E-state index < -0.39 is 5.97 Å². The Morgan fingerprint density at radius 3 is 2.50 bits per heavy atom. The molecule has 0 aromatic rings. The average molecular weight is 311 g/mol. The number of carboxylic acid groups (broad SMARTS) is 1. The van der Waals surface area contributed by atoms with E-state index in [-0.39, 0.29) is 23.8 Å². The van der Waals surface area contributed by atoms with Gasteiger partial charge < -0.3 is 15.2 Å². The molecule has 2 N–H and O–H groups in total. The zero-order valence-corrected chi connectivity index (χ0v) is 13.6. The molecule has 2 aliphatic carbocycles. The van der Waals surface area contributed by atoms with Crippen LogP contribution in [0.5, 0.6) is 0 Å². The van der Waals surface area contributed by atoms with E-state index in [1.54, 1.807) is 0 Å². The average Bonchev–Trinajstić information content (AvgIpc) is 2.51. The van der Waals surface area contributed by atoms with E-state index in [1.807, 2.05) is 6.92 Å². The summed E-state index contributed by atoms with van der Waals surface area (Å²) in [5.41, 5.74) is 0.158. The van der Waals surface area contributed by atoms with Crippen LogP contribution in [0.15, 0.2) is 0 Å². The minimum absolute atomic E-state index is 0.0651. The maximum atomic E-state index is 12.1. The lowest BCUT2D eigenvalue weighted by Gasteiger charge is -2.57.